The summed E-state index contributed by atoms with van der Waals surface area (Å²) >= 11 is 2.35. The van der Waals surface area contributed by atoms with Crippen molar-refractivity contribution in [3.05, 3.63) is 0 Å². The van der Waals surface area contributed by atoms with Crippen molar-refractivity contribution in [2.45, 2.75) is 13.3 Å². The van der Waals surface area contributed by atoms with Crippen molar-refractivity contribution in [1.29, 1.82) is 0 Å². The zero-order valence-electron chi connectivity index (χ0n) is 3.50. The van der Waals surface area contributed by atoms with Crippen molar-refractivity contribution in [3.8, 4) is 0 Å². The van der Waals surface area contributed by atoms with E-state index < -0.39 is 0 Å². The third kappa shape index (κ3) is 10.9. The molecule has 0 aromatic heterocycles. The molecule has 5 heavy (non-hydrogen) atoms. The molecule has 0 fully saturated rings. The maximum absolute atomic E-state index is 2.35. The number of hydrogen-bond donors (Lipinski definition) is 0. The van der Waals surface area contributed by atoms with Crippen LogP contribution in [0.4, 0.5) is 0 Å². The third-order valence-corrected chi connectivity index (χ3v) is 1.27. The monoisotopic (exact) mass is 234 g/mol. The minimum atomic E-state index is 0. The molecular weight excluding hydrogens is 228 g/mol. The Hall–Kier alpha value is 1.35. The molecule has 0 heterocycles. The molecule has 0 bridgehead atoms. The molecule has 0 saturated carbocycles. The molecule has 0 N–H and O–H groups in total. The second-order valence-corrected chi connectivity index (χ2v) is 1.77. The van der Waals surface area contributed by atoms with Gasteiger partial charge >= 0.3 is 0 Å². The van der Waals surface area contributed by atoms with E-state index in [1.165, 1.54) is 10.8 Å². The summed E-state index contributed by atoms with van der Waals surface area (Å²) in [4.78, 5) is 0. The minimum Gasteiger partial charge on any atom is -0.0864 e. The van der Waals surface area contributed by atoms with E-state index in [0.29, 0.717) is 0 Å². The van der Waals surface area contributed by atoms with Crippen LogP contribution in [0.2, 0.25) is 0 Å². The van der Waals surface area contributed by atoms with E-state index in [4.69, 9.17) is 0 Å². The molecule has 28 valence electrons. The molecule has 0 amide bonds. The molecule has 0 aromatic carbocycles. The SMILES string of the molecule is CCCI.[Zn]. The average molecular weight is 235 g/mol. The third-order valence-electron chi connectivity index (χ3n) is 0.189. The number of rotatable bonds is 1. The first kappa shape index (κ1) is 9.61. The molecule has 0 aliphatic heterocycles. The van der Waals surface area contributed by atoms with Crippen LogP contribution in [0.1, 0.15) is 13.3 Å². The van der Waals surface area contributed by atoms with Crippen LogP contribution in [0.3, 0.4) is 0 Å². The van der Waals surface area contributed by atoms with Gasteiger partial charge in [0.25, 0.3) is 0 Å². The molecule has 0 rings (SSSR count). The van der Waals surface area contributed by atoms with Crippen LogP contribution in [-0.2, 0) is 19.5 Å². The van der Waals surface area contributed by atoms with Crippen molar-refractivity contribution < 1.29 is 19.5 Å². The Bertz CT molecular complexity index is 8.85. The molecule has 0 unspecified atom stereocenters. The van der Waals surface area contributed by atoms with E-state index in [0.717, 1.165) is 0 Å². The van der Waals surface area contributed by atoms with E-state index in [1.54, 1.807) is 0 Å². The molecule has 0 aliphatic rings. The van der Waals surface area contributed by atoms with Crippen molar-refractivity contribution in [2.24, 2.45) is 0 Å². The second kappa shape index (κ2) is 9.02. The summed E-state index contributed by atoms with van der Waals surface area (Å²) in [5.41, 5.74) is 0. The van der Waals surface area contributed by atoms with Crippen molar-refractivity contribution in [1.82, 2.24) is 0 Å². The van der Waals surface area contributed by atoms with Gasteiger partial charge in [0.05, 0.1) is 0 Å². The maximum atomic E-state index is 2.35. The summed E-state index contributed by atoms with van der Waals surface area (Å²) in [5, 5.41) is 0. The van der Waals surface area contributed by atoms with Gasteiger partial charge in [-0.25, -0.2) is 0 Å². The fraction of sp³-hybridized carbons (Fsp3) is 1.00. The van der Waals surface area contributed by atoms with Gasteiger partial charge in [-0.2, -0.15) is 0 Å². The van der Waals surface area contributed by atoms with Gasteiger partial charge in [0.2, 0.25) is 0 Å². The van der Waals surface area contributed by atoms with Crippen molar-refractivity contribution >= 4 is 22.6 Å². The summed E-state index contributed by atoms with van der Waals surface area (Å²) in [6.07, 6.45) is 1.31. The standard InChI is InChI=1S/C3H7I.Zn/c1-2-3-4;/h2-3H2,1H3;. The molecular formula is C3H7IZn. The van der Waals surface area contributed by atoms with Gasteiger partial charge in [0.15, 0.2) is 0 Å². The summed E-state index contributed by atoms with van der Waals surface area (Å²) in [6.45, 7) is 2.17. The van der Waals surface area contributed by atoms with Crippen LogP contribution in [0.25, 0.3) is 0 Å². The molecule has 0 nitrogen and oxygen atoms in total. The minimum absolute atomic E-state index is 0. The van der Waals surface area contributed by atoms with Gasteiger partial charge in [-0.3, -0.25) is 0 Å². The zero-order valence-corrected chi connectivity index (χ0v) is 8.62. The average Bonchev–Trinajstić information content (AvgIpc) is 1.37. The molecule has 2 heteroatoms. The quantitative estimate of drug-likeness (QED) is 0.369. The summed E-state index contributed by atoms with van der Waals surface area (Å²) < 4.78 is 1.29. The summed E-state index contributed by atoms with van der Waals surface area (Å²) in [5.74, 6) is 0. The first-order chi connectivity index (χ1) is 1.91. The maximum Gasteiger partial charge on any atom is 0 e. The van der Waals surface area contributed by atoms with Gasteiger partial charge in [-0.05, 0) is 10.8 Å². The van der Waals surface area contributed by atoms with Crippen LogP contribution in [-0.4, -0.2) is 4.43 Å². The molecule has 0 saturated heterocycles. The van der Waals surface area contributed by atoms with Crippen molar-refractivity contribution in [3.63, 3.8) is 0 Å². The van der Waals surface area contributed by atoms with Crippen LogP contribution < -0.4 is 0 Å². The van der Waals surface area contributed by atoms with Gasteiger partial charge in [0.1, 0.15) is 0 Å². The van der Waals surface area contributed by atoms with Gasteiger partial charge in [0, 0.05) is 19.5 Å². The van der Waals surface area contributed by atoms with E-state index in [9.17, 15) is 0 Å². The number of halogens is 1. The Kier molecular flexibility index (Phi) is 17.3. The molecule has 0 atom stereocenters. The first-order valence-corrected chi connectivity index (χ1v) is 3.00. The van der Waals surface area contributed by atoms with Crippen LogP contribution in [0, 0.1) is 0 Å². The van der Waals surface area contributed by atoms with Crippen molar-refractivity contribution in [2.75, 3.05) is 4.43 Å². The Morgan fingerprint density at radius 2 is 1.80 bits per heavy atom. The predicted octanol–water partition coefficient (Wildman–Crippen LogP) is 1.83. The summed E-state index contributed by atoms with van der Waals surface area (Å²) in [6, 6.07) is 0. The largest absolute Gasteiger partial charge is 0.0864 e. The number of alkyl halides is 1. The second-order valence-electron chi connectivity index (χ2n) is 0.689. The topological polar surface area (TPSA) is 0 Å². The molecule has 0 spiro atoms. The van der Waals surface area contributed by atoms with E-state index in [1.807, 2.05) is 0 Å². The molecule has 0 aromatic rings. The summed E-state index contributed by atoms with van der Waals surface area (Å²) in [7, 11) is 0. The van der Waals surface area contributed by atoms with Gasteiger partial charge in [-0.1, -0.05) is 29.5 Å². The zero-order chi connectivity index (χ0) is 3.41. The first-order valence-electron chi connectivity index (χ1n) is 1.47. The fourth-order valence-corrected chi connectivity index (χ4v) is 0. The van der Waals surface area contributed by atoms with Gasteiger partial charge in [-0.15, -0.1) is 0 Å². The Morgan fingerprint density at radius 3 is 1.80 bits per heavy atom. The predicted molar refractivity (Wildman–Crippen MR) is 29.2 cm³/mol. The van der Waals surface area contributed by atoms with Crippen LogP contribution >= 0.6 is 22.6 Å². The molecule has 0 radical (unpaired) electrons. The van der Waals surface area contributed by atoms with Crippen LogP contribution in [0.15, 0.2) is 0 Å². The Morgan fingerprint density at radius 1 is 1.60 bits per heavy atom. The fourth-order valence-electron chi connectivity index (χ4n) is 0. The Balaban J connectivity index is 0. The van der Waals surface area contributed by atoms with E-state index in [2.05, 4.69) is 29.5 Å². The van der Waals surface area contributed by atoms with E-state index >= 15 is 0 Å². The Labute approximate surface area is 59.6 Å². The number of hydrogen-bond acceptors (Lipinski definition) is 0. The van der Waals surface area contributed by atoms with Crippen LogP contribution in [0.5, 0.6) is 0 Å². The van der Waals surface area contributed by atoms with E-state index in [-0.39, 0.29) is 19.5 Å². The molecule has 0 aliphatic carbocycles. The van der Waals surface area contributed by atoms with Gasteiger partial charge < -0.3 is 0 Å². The smallest absolute Gasteiger partial charge is 0 e. The normalized spacial score (nSPS) is 6.00.